The van der Waals surface area contributed by atoms with Crippen molar-refractivity contribution in [3.05, 3.63) is 41.6 Å². The lowest BCUT2D eigenvalue weighted by molar-refractivity contribution is 0.0699. The Morgan fingerprint density at radius 3 is 2.79 bits per heavy atom. The monoisotopic (exact) mass is 187 g/mol. The number of carboxylic acid groups (broad SMARTS) is 1. The Morgan fingerprint density at radius 1 is 1.29 bits per heavy atom. The molecule has 0 fully saturated rings. The minimum absolute atomic E-state index is 0.256. The van der Waals surface area contributed by atoms with E-state index in [9.17, 15) is 4.79 Å². The Labute approximate surface area is 81.0 Å². The Hall–Kier alpha value is -1.90. The number of carbonyl (C=O) groups is 1. The minimum Gasteiger partial charge on any atom is -0.478 e. The fourth-order valence-corrected chi connectivity index (χ4v) is 1.42. The van der Waals surface area contributed by atoms with Crippen LogP contribution in [0.2, 0.25) is 0 Å². The van der Waals surface area contributed by atoms with Crippen LogP contribution in [0, 0.1) is 6.92 Å². The van der Waals surface area contributed by atoms with Crippen LogP contribution in [0.5, 0.6) is 0 Å². The molecule has 2 aromatic rings. The first-order chi connectivity index (χ1) is 6.68. The standard InChI is InChI=1S/C11H9NO2/c1-7-5-6-8-3-2-4-9(11(13)14)10(8)12-7/h2-6H,1H3,(H,13,14). The summed E-state index contributed by atoms with van der Waals surface area (Å²) in [5.74, 6) is -0.936. The summed E-state index contributed by atoms with van der Waals surface area (Å²) >= 11 is 0. The number of rotatable bonds is 1. The van der Waals surface area contributed by atoms with Crippen LogP contribution in [0.4, 0.5) is 0 Å². The molecular weight excluding hydrogens is 178 g/mol. The van der Waals surface area contributed by atoms with Crippen molar-refractivity contribution < 1.29 is 9.90 Å². The molecule has 0 bridgehead atoms. The average Bonchev–Trinajstić information content (AvgIpc) is 2.16. The Balaban J connectivity index is 2.84. The lowest BCUT2D eigenvalue weighted by Crippen LogP contribution is -1.99. The fourth-order valence-electron chi connectivity index (χ4n) is 1.42. The van der Waals surface area contributed by atoms with Crippen LogP contribution in [0.1, 0.15) is 16.1 Å². The maximum Gasteiger partial charge on any atom is 0.337 e. The zero-order valence-corrected chi connectivity index (χ0v) is 7.69. The fraction of sp³-hybridized carbons (Fsp3) is 0.0909. The van der Waals surface area contributed by atoms with Gasteiger partial charge in [0.25, 0.3) is 0 Å². The van der Waals surface area contributed by atoms with E-state index in [4.69, 9.17) is 5.11 Å². The molecule has 0 unspecified atom stereocenters. The number of aromatic nitrogens is 1. The van der Waals surface area contributed by atoms with Gasteiger partial charge in [-0.05, 0) is 19.1 Å². The summed E-state index contributed by atoms with van der Waals surface area (Å²) in [6, 6.07) is 8.90. The van der Waals surface area contributed by atoms with Gasteiger partial charge in [-0.15, -0.1) is 0 Å². The van der Waals surface area contributed by atoms with Crippen molar-refractivity contribution in [3.63, 3.8) is 0 Å². The molecule has 3 nitrogen and oxygen atoms in total. The highest BCUT2D eigenvalue weighted by Gasteiger charge is 2.08. The van der Waals surface area contributed by atoms with Crippen LogP contribution in [-0.4, -0.2) is 16.1 Å². The van der Waals surface area contributed by atoms with Gasteiger partial charge in [0.1, 0.15) is 0 Å². The molecule has 14 heavy (non-hydrogen) atoms. The quantitative estimate of drug-likeness (QED) is 0.744. The second kappa shape index (κ2) is 3.10. The van der Waals surface area contributed by atoms with Gasteiger partial charge in [0.15, 0.2) is 0 Å². The number of hydrogen-bond donors (Lipinski definition) is 1. The number of fused-ring (bicyclic) bond motifs is 1. The van der Waals surface area contributed by atoms with Crippen molar-refractivity contribution in [1.82, 2.24) is 4.98 Å². The van der Waals surface area contributed by atoms with Gasteiger partial charge in [0, 0.05) is 11.1 Å². The van der Waals surface area contributed by atoms with Gasteiger partial charge in [0.05, 0.1) is 11.1 Å². The number of aromatic carboxylic acids is 1. The third-order valence-corrected chi connectivity index (χ3v) is 2.09. The highest BCUT2D eigenvalue weighted by molar-refractivity contribution is 6.01. The van der Waals surface area contributed by atoms with E-state index in [0.717, 1.165) is 11.1 Å². The van der Waals surface area contributed by atoms with Crippen LogP contribution in [0.15, 0.2) is 30.3 Å². The summed E-state index contributed by atoms with van der Waals surface area (Å²) in [7, 11) is 0. The second-order valence-corrected chi connectivity index (χ2v) is 3.14. The molecule has 0 aliphatic carbocycles. The lowest BCUT2D eigenvalue weighted by atomic mass is 10.1. The third-order valence-electron chi connectivity index (χ3n) is 2.09. The molecule has 1 aromatic carbocycles. The highest BCUT2D eigenvalue weighted by atomic mass is 16.4. The zero-order chi connectivity index (χ0) is 10.1. The maximum absolute atomic E-state index is 10.9. The predicted octanol–water partition coefficient (Wildman–Crippen LogP) is 2.24. The minimum atomic E-state index is -0.936. The van der Waals surface area contributed by atoms with Crippen molar-refractivity contribution in [2.24, 2.45) is 0 Å². The molecule has 0 saturated heterocycles. The van der Waals surface area contributed by atoms with E-state index in [2.05, 4.69) is 4.98 Å². The van der Waals surface area contributed by atoms with Crippen LogP contribution in [0.3, 0.4) is 0 Å². The maximum atomic E-state index is 10.9. The number of carboxylic acids is 1. The summed E-state index contributed by atoms with van der Waals surface area (Å²) in [4.78, 5) is 15.1. The van der Waals surface area contributed by atoms with Crippen LogP contribution < -0.4 is 0 Å². The third kappa shape index (κ3) is 1.33. The molecule has 2 rings (SSSR count). The molecule has 0 radical (unpaired) electrons. The van der Waals surface area contributed by atoms with Crippen molar-refractivity contribution in [1.29, 1.82) is 0 Å². The summed E-state index contributed by atoms with van der Waals surface area (Å²) in [6.07, 6.45) is 0. The Kier molecular flexibility index (Phi) is 1.93. The normalized spacial score (nSPS) is 10.4. The zero-order valence-electron chi connectivity index (χ0n) is 7.69. The summed E-state index contributed by atoms with van der Waals surface area (Å²) in [6.45, 7) is 1.85. The lowest BCUT2D eigenvalue weighted by Gasteiger charge is -2.01. The number of pyridine rings is 1. The van der Waals surface area contributed by atoms with E-state index in [0.29, 0.717) is 5.52 Å². The molecule has 0 saturated carbocycles. The topological polar surface area (TPSA) is 50.2 Å². The van der Waals surface area contributed by atoms with Crippen molar-refractivity contribution >= 4 is 16.9 Å². The van der Waals surface area contributed by atoms with E-state index in [1.165, 1.54) is 0 Å². The predicted molar refractivity (Wildman–Crippen MR) is 53.4 cm³/mol. The van der Waals surface area contributed by atoms with E-state index in [1.807, 2.05) is 25.1 Å². The average molecular weight is 187 g/mol. The van der Waals surface area contributed by atoms with Crippen molar-refractivity contribution in [2.75, 3.05) is 0 Å². The molecule has 0 atom stereocenters. The van der Waals surface area contributed by atoms with Gasteiger partial charge in [-0.3, -0.25) is 4.98 Å². The van der Waals surface area contributed by atoms with Gasteiger partial charge in [-0.2, -0.15) is 0 Å². The van der Waals surface area contributed by atoms with Gasteiger partial charge >= 0.3 is 5.97 Å². The smallest absolute Gasteiger partial charge is 0.337 e. The number of nitrogens with zero attached hydrogens (tertiary/aromatic N) is 1. The largest absolute Gasteiger partial charge is 0.478 e. The molecule has 3 heteroatoms. The number of para-hydroxylation sites is 1. The second-order valence-electron chi connectivity index (χ2n) is 3.14. The first kappa shape index (κ1) is 8.69. The van der Waals surface area contributed by atoms with Crippen molar-refractivity contribution in [3.8, 4) is 0 Å². The molecule has 70 valence electrons. The number of aryl methyl sites for hydroxylation is 1. The Morgan fingerprint density at radius 2 is 2.07 bits per heavy atom. The van der Waals surface area contributed by atoms with Gasteiger partial charge in [0.2, 0.25) is 0 Å². The first-order valence-corrected chi connectivity index (χ1v) is 4.28. The SMILES string of the molecule is Cc1ccc2cccc(C(=O)O)c2n1. The summed E-state index contributed by atoms with van der Waals surface area (Å²) in [5.41, 5.74) is 1.64. The van der Waals surface area contributed by atoms with E-state index >= 15 is 0 Å². The van der Waals surface area contributed by atoms with Gasteiger partial charge in [-0.25, -0.2) is 4.79 Å². The first-order valence-electron chi connectivity index (χ1n) is 4.28. The number of hydrogen-bond acceptors (Lipinski definition) is 2. The molecule has 0 amide bonds. The van der Waals surface area contributed by atoms with E-state index in [-0.39, 0.29) is 5.56 Å². The van der Waals surface area contributed by atoms with E-state index < -0.39 is 5.97 Å². The molecule has 0 aliphatic rings. The Bertz CT molecular complexity index is 506. The molecule has 1 heterocycles. The summed E-state index contributed by atoms with van der Waals surface area (Å²) in [5, 5.41) is 9.79. The van der Waals surface area contributed by atoms with Crippen LogP contribution in [0.25, 0.3) is 10.9 Å². The van der Waals surface area contributed by atoms with Gasteiger partial charge in [-0.1, -0.05) is 18.2 Å². The van der Waals surface area contributed by atoms with Crippen LogP contribution >= 0.6 is 0 Å². The molecule has 1 aromatic heterocycles. The summed E-state index contributed by atoms with van der Waals surface area (Å²) < 4.78 is 0. The highest BCUT2D eigenvalue weighted by Crippen LogP contribution is 2.16. The van der Waals surface area contributed by atoms with E-state index in [1.54, 1.807) is 12.1 Å². The van der Waals surface area contributed by atoms with Gasteiger partial charge < -0.3 is 5.11 Å². The number of benzene rings is 1. The molecular formula is C11H9NO2. The van der Waals surface area contributed by atoms with Crippen LogP contribution in [-0.2, 0) is 0 Å². The van der Waals surface area contributed by atoms with Crippen molar-refractivity contribution in [2.45, 2.75) is 6.92 Å². The molecule has 1 N–H and O–H groups in total. The molecule has 0 spiro atoms. The molecule has 0 aliphatic heterocycles.